The predicted octanol–water partition coefficient (Wildman–Crippen LogP) is 3.37. The van der Waals surface area contributed by atoms with E-state index in [2.05, 4.69) is 12.2 Å². The fraction of sp³-hybridized carbons (Fsp3) is 0.650. The number of amides is 1. The van der Waals surface area contributed by atoms with Gasteiger partial charge in [-0.05, 0) is 64.8 Å². The Hall–Kier alpha value is -1.66. The number of carbonyl (C=O) groups excluding carboxylic acids is 1. The molecule has 0 aliphatic carbocycles. The predicted molar refractivity (Wildman–Crippen MR) is 99.7 cm³/mol. The minimum Gasteiger partial charge on any atom is -0.444 e. The molecule has 1 amide bonds. The lowest BCUT2D eigenvalue weighted by molar-refractivity contribution is -0.0355. The fourth-order valence-electron chi connectivity index (χ4n) is 3.02. The highest BCUT2D eigenvalue weighted by Gasteiger charge is 2.31. The molecule has 2 atom stereocenters. The summed E-state index contributed by atoms with van der Waals surface area (Å²) in [5.41, 5.74) is 0.598. The molecule has 0 radical (unpaired) electrons. The van der Waals surface area contributed by atoms with Gasteiger partial charge in [0.25, 0.3) is 0 Å². The Labute approximate surface area is 155 Å². The third-order valence-electron chi connectivity index (χ3n) is 4.30. The Balaban J connectivity index is 1.80. The molecule has 0 bridgehead atoms. The van der Waals surface area contributed by atoms with E-state index in [0.717, 1.165) is 24.9 Å². The van der Waals surface area contributed by atoms with E-state index in [1.54, 1.807) is 17.0 Å². The lowest BCUT2D eigenvalue weighted by Gasteiger charge is -2.37. The molecule has 1 aromatic rings. The van der Waals surface area contributed by atoms with Crippen LogP contribution in [0.1, 0.15) is 39.7 Å². The third-order valence-corrected chi connectivity index (χ3v) is 4.30. The standard InChI is InChI=1S/C20H31FN2O3/c1-15(22-10-9-16-5-7-17(21)8-6-16)13-18-14-25-12-11-23(18)19(24)26-20(2,3)4/h5-8,15,18,22H,9-14H2,1-4H3. The van der Waals surface area contributed by atoms with Crippen molar-refractivity contribution in [1.82, 2.24) is 10.2 Å². The zero-order valence-corrected chi connectivity index (χ0v) is 16.3. The molecule has 1 fully saturated rings. The number of halogens is 1. The number of ether oxygens (including phenoxy) is 2. The van der Waals surface area contributed by atoms with Crippen LogP contribution in [0.3, 0.4) is 0 Å². The van der Waals surface area contributed by atoms with E-state index in [-0.39, 0.29) is 24.0 Å². The van der Waals surface area contributed by atoms with Crippen molar-refractivity contribution in [2.75, 3.05) is 26.3 Å². The van der Waals surface area contributed by atoms with Crippen molar-refractivity contribution in [3.63, 3.8) is 0 Å². The van der Waals surface area contributed by atoms with Crippen molar-refractivity contribution in [3.8, 4) is 0 Å². The molecule has 1 saturated heterocycles. The summed E-state index contributed by atoms with van der Waals surface area (Å²) in [5, 5.41) is 3.47. The highest BCUT2D eigenvalue weighted by molar-refractivity contribution is 5.68. The van der Waals surface area contributed by atoms with Gasteiger partial charge in [0.1, 0.15) is 11.4 Å². The van der Waals surface area contributed by atoms with Crippen LogP contribution in [0.5, 0.6) is 0 Å². The first-order valence-electron chi connectivity index (χ1n) is 9.30. The highest BCUT2D eigenvalue weighted by Crippen LogP contribution is 2.17. The summed E-state index contributed by atoms with van der Waals surface area (Å²) in [6.07, 6.45) is 1.36. The van der Waals surface area contributed by atoms with Gasteiger partial charge in [-0.15, -0.1) is 0 Å². The normalized spacial score (nSPS) is 19.3. The SMILES string of the molecule is CC(CC1COCCN1C(=O)OC(C)(C)C)NCCc1ccc(F)cc1. The van der Waals surface area contributed by atoms with Crippen LogP contribution in [-0.4, -0.2) is 55.0 Å². The zero-order chi connectivity index (χ0) is 19.2. The van der Waals surface area contributed by atoms with Gasteiger partial charge in [0, 0.05) is 12.6 Å². The molecule has 1 aliphatic rings. The van der Waals surface area contributed by atoms with Gasteiger partial charge in [0.15, 0.2) is 0 Å². The molecule has 1 N–H and O–H groups in total. The zero-order valence-electron chi connectivity index (χ0n) is 16.3. The Morgan fingerprint density at radius 2 is 2.08 bits per heavy atom. The number of nitrogens with one attached hydrogen (secondary N) is 1. The van der Waals surface area contributed by atoms with Gasteiger partial charge in [-0.3, -0.25) is 0 Å². The van der Waals surface area contributed by atoms with E-state index in [4.69, 9.17) is 9.47 Å². The molecule has 1 aromatic carbocycles. The average molecular weight is 366 g/mol. The summed E-state index contributed by atoms with van der Waals surface area (Å²) in [6, 6.07) is 6.81. The van der Waals surface area contributed by atoms with E-state index in [1.165, 1.54) is 12.1 Å². The molecule has 2 unspecified atom stereocenters. The van der Waals surface area contributed by atoms with Crippen LogP contribution in [0.15, 0.2) is 24.3 Å². The minimum atomic E-state index is -0.501. The second-order valence-corrected chi connectivity index (χ2v) is 7.87. The lowest BCUT2D eigenvalue weighted by Crippen LogP contribution is -2.52. The number of morpholine rings is 1. The number of benzene rings is 1. The van der Waals surface area contributed by atoms with Crippen molar-refractivity contribution >= 4 is 6.09 Å². The van der Waals surface area contributed by atoms with Crippen LogP contribution < -0.4 is 5.32 Å². The van der Waals surface area contributed by atoms with Gasteiger partial charge in [-0.1, -0.05) is 12.1 Å². The molecule has 146 valence electrons. The van der Waals surface area contributed by atoms with Gasteiger partial charge in [-0.2, -0.15) is 0 Å². The second kappa shape index (κ2) is 9.33. The van der Waals surface area contributed by atoms with Crippen molar-refractivity contribution < 1.29 is 18.7 Å². The summed E-state index contributed by atoms with van der Waals surface area (Å²) >= 11 is 0. The molecule has 0 spiro atoms. The van der Waals surface area contributed by atoms with Crippen LogP contribution in [0.4, 0.5) is 9.18 Å². The average Bonchev–Trinajstić information content (AvgIpc) is 2.55. The van der Waals surface area contributed by atoms with Crippen LogP contribution in [-0.2, 0) is 15.9 Å². The number of rotatable bonds is 6. The summed E-state index contributed by atoms with van der Waals surface area (Å²) < 4.78 is 24.0. The topological polar surface area (TPSA) is 50.8 Å². The van der Waals surface area contributed by atoms with E-state index >= 15 is 0 Å². The van der Waals surface area contributed by atoms with Crippen LogP contribution >= 0.6 is 0 Å². The number of carbonyl (C=O) groups is 1. The summed E-state index contributed by atoms with van der Waals surface area (Å²) in [6.45, 7) is 10.2. The first-order valence-corrected chi connectivity index (χ1v) is 9.30. The monoisotopic (exact) mass is 366 g/mol. The van der Waals surface area contributed by atoms with Gasteiger partial charge in [0.05, 0.1) is 19.3 Å². The van der Waals surface area contributed by atoms with E-state index in [9.17, 15) is 9.18 Å². The Morgan fingerprint density at radius 3 is 2.73 bits per heavy atom. The van der Waals surface area contributed by atoms with E-state index < -0.39 is 5.60 Å². The molecule has 1 aliphatic heterocycles. The van der Waals surface area contributed by atoms with Gasteiger partial charge in [0.2, 0.25) is 0 Å². The van der Waals surface area contributed by atoms with Crippen molar-refractivity contribution in [3.05, 3.63) is 35.6 Å². The van der Waals surface area contributed by atoms with Crippen LogP contribution in [0.25, 0.3) is 0 Å². The van der Waals surface area contributed by atoms with Crippen LogP contribution in [0.2, 0.25) is 0 Å². The maximum Gasteiger partial charge on any atom is 0.410 e. The van der Waals surface area contributed by atoms with Crippen LogP contribution in [0, 0.1) is 5.82 Å². The Bertz CT molecular complexity index is 571. The molecular formula is C20H31FN2O3. The van der Waals surface area contributed by atoms with Crippen molar-refractivity contribution in [2.45, 2.75) is 58.2 Å². The summed E-state index contributed by atoms with van der Waals surface area (Å²) in [5.74, 6) is -0.213. The Morgan fingerprint density at radius 1 is 1.38 bits per heavy atom. The lowest BCUT2D eigenvalue weighted by atomic mass is 10.1. The van der Waals surface area contributed by atoms with Gasteiger partial charge in [-0.25, -0.2) is 9.18 Å². The first-order chi connectivity index (χ1) is 12.2. The molecule has 0 saturated carbocycles. The van der Waals surface area contributed by atoms with E-state index in [1.807, 2.05) is 20.8 Å². The second-order valence-electron chi connectivity index (χ2n) is 7.87. The third kappa shape index (κ3) is 6.92. The van der Waals surface area contributed by atoms with Gasteiger partial charge < -0.3 is 19.7 Å². The highest BCUT2D eigenvalue weighted by atomic mass is 19.1. The molecule has 26 heavy (non-hydrogen) atoms. The maximum absolute atomic E-state index is 12.9. The molecular weight excluding hydrogens is 335 g/mol. The minimum absolute atomic E-state index is 0.00641. The van der Waals surface area contributed by atoms with Gasteiger partial charge >= 0.3 is 6.09 Å². The molecule has 0 aromatic heterocycles. The summed E-state index contributed by atoms with van der Waals surface area (Å²) in [4.78, 5) is 14.2. The molecule has 1 heterocycles. The quantitative estimate of drug-likeness (QED) is 0.839. The first kappa shape index (κ1) is 20.6. The van der Waals surface area contributed by atoms with Crippen molar-refractivity contribution in [1.29, 1.82) is 0 Å². The molecule has 5 nitrogen and oxygen atoms in total. The number of nitrogens with zero attached hydrogens (tertiary/aromatic N) is 1. The van der Waals surface area contributed by atoms with Crippen molar-refractivity contribution in [2.24, 2.45) is 0 Å². The summed E-state index contributed by atoms with van der Waals surface area (Å²) in [7, 11) is 0. The smallest absolute Gasteiger partial charge is 0.410 e. The number of hydrogen-bond acceptors (Lipinski definition) is 4. The molecule has 6 heteroatoms. The van der Waals surface area contributed by atoms with E-state index in [0.29, 0.717) is 19.8 Å². The largest absolute Gasteiger partial charge is 0.444 e. The number of hydrogen-bond donors (Lipinski definition) is 1. The fourth-order valence-corrected chi connectivity index (χ4v) is 3.02. The maximum atomic E-state index is 12.9. The Kier molecular flexibility index (Phi) is 7.41. The molecule has 2 rings (SSSR count).